The van der Waals surface area contributed by atoms with Gasteiger partial charge in [-0.15, -0.1) is 23.1 Å². The fraction of sp³-hybridized carbons (Fsp3) is 0.353. The third kappa shape index (κ3) is 3.47. The number of thioether (sulfide) groups is 1. The highest BCUT2D eigenvalue weighted by molar-refractivity contribution is 8.00. The molecule has 1 saturated heterocycles. The van der Waals surface area contributed by atoms with Gasteiger partial charge in [-0.3, -0.25) is 4.79 Å². The number of carbonyl (C=O) groups excluding carboxylic acids is 1. The number of nitrogens with zero attached hydrogens (tertiary/aromatic N) is 1. The van der Waals surface area contributed by atoms with E-state index in [1.165, 1.54) is 30.6 Å². The number of piperidine rings is 1. The average molecular weight is 332 g/mol. The van der Waals surface area contributed by atoms with Crippen LogP contribution in [0.15, 0.2) is 40.6 Å². The maximum Gasteiger partial charge on any atom is 0.265 e. The molecular weight excluding hydrogens is 312 g/mol. The molecule has 0 spiro atoms. The van der Waals surface area contributed by atoms with Crippen molar-refractivity contribution in [3.63, 3.8) is 0 Å². The summed E-state index contributed by atoms with van der Waals surface area (Å²) in [7, 11) is 0. The SMILES string of the molecule is CSc1ccc(C(=O)Nc2ccccc2N2CCCCC2)s1. The third-order valence-corrected chi connectivity index (χ3v) is 6.02. The minimum atomic E-state index is -0.0187. The number of nitrogens with one attached hydrogen (secondary N) is 1. The predicted molar refractivity (Wildman–Crippen MR) is 96.6 cm³/mol. The molecule has 1 fully saturated rings. The smallest absolute Gasteiger partial charge is 0.265 e. The van der Waals surface area contributed by atoms with Crippen molar-refractivity contribution in [1.29, 1.82) is 0 Å². The van der Waals surface area contributed by atoms with E-state index in [9.17, 15) is 4.79 Å². The van der Waals surface area contributed by atoms with Crippen molar-refractivity contribution in [3.8, 4) is 0 Å². The van der Waals surface area contributed by atoms with Gasteiger partial charge in [-0.1, -0.05) is 12.1 Å². The maximum atomic E-state index is 12.4. The van der Waals surface area contributed by atoms with E-state index in [0.717, 1.165) is 33.6 Å². The number of thiophene rings is 1. The average Bonchev–Trinajstić information content (AvgIpc) is 3.05. The molecule has 1 aliphatic rings. The van der Waals surface area contributed by atoms with Gasteiger partial charge in [0.05, 0.1) is 20.5 Å². The summed E-state index contributed by atoms with van der Waals surface area (Å²) in [5.41, 5.74) is 2.05. The largest absolute Gasteiger partial charge is 0.370 e. The van der Waals surface area contributed by atoms with Crippen molar-refractivity contribution in [3.05, 3.63) is 41.3 Å². The van der Waals surface area contributed by atoms with Crippen LogP contribution < -0.4 is 10.2 Å². The van der Waals surface area contributed by atoms with E-state index in [2.05, 4.69) is 16.3 Å². The molecule has 3 nitrogen and oxygen atoms in total. The van der Waals surface area contributed by atoms with E-state index in [0.29, 0.717) is 0 Å². The monoisotopic (exact) mass is 332 g/mol. The van der Waals surface area contributed by atoms with Gasteiger partial charge in [0.15, 0.2) is 0 Å². The van der Waals surface area contributed by atoms with Gasteiger partial charge in [0, 0.05) is 13.1 Å². The quantitative estimate of drug-likeness (QED) is 0.823. The lowest BCUT2D eigenvalue weighted by molar-refractivity contribution is 0.103. The minimum Gasteiger partial charge on any atom is -0.370 e. The van der Waals surface area contributed by atoms with E-state index in [4.69, 9.17) is 0 Å². The summed E-state index contributed by atoms with van der Waals surface area (Å²) in [6.07, 6.45) is 5.78. The molecule has 5 heteroatoms. The van der Waals surface area contributed by atoms with E-state index < -0.39 is 0 Å². The summed E-state index contributed by atoms with van der Waals surface area (Å²) in [6, 6.07) is 12.0. The van der Waals surface area contributed by atoms with Gasteiger partial charge in [0.2, 0.25) is 0 Å². The molecule has 0 unspecified atom stereocenters. The van der Waals surface area contributed by atoms with Crippen LogP contribution in [-0.2, 0) is 0 Å². The summed E-state index contributed by atoms with van der Waals surface area (Å²) < 4.78 is 1.16. The van der Waals surface area contributed by atoms with Crippen LogP contribution in [0.2, 0.25) is 0 Å². The van der Waals surface area contributed by atoms with Crippen LogP contribution in [0.25, 0.3) is 0 Å². The van der Waals surface area contributed by atoms with Crippen molar-refractivity contribution < 1.29 is 4.79 Å². The number of rotatable bonds is 4. The zero-order valence-corrected chi connectivity index (χ0v) is 14.3. The van der Waals surface area contributed by atoms with Crippen LogP contribution in [0.1, 0.15) is 28.9 Å². The lowest BCUT2D eigenvalue weighted by atomic mass is 10.1. The first-order chi connectivity index (χ1) is 10.8. The molecule has 3 rings (SSSR count). The van der Waals surface area contributed by atoms with E-state index >= 15 is 0 Å². The second kappa shape index (κ2) is 7.20. The van der Waals surface area contributed by atoms with Crippen LogP contribution in [0, 0.1) is 0 Å². The Morgan fingerprint density at radius 2 is 1.91 bits per heavy atom. The van der Waals surface area contributed by atoms with Crippen LogP contribution in [-0.4, -0.2) is 25.3 Å². The number of hydrogen-bond acceptors (Lipinski definition) is 4. The Bertz CT molecular complexity index is 648. The Kier molecular flexibility index (Phi) is 5.05. The highest BCUT2D eigenvalue weighted by Crippen LogP contribution is 2.30. The van der Waals surface area contributed by atoms with Crippen molar-refractivity contribution in [2.75, 3.05) is 29.6 Å². The maximum absolute atomic E-state index is 12.4. The zero-order chi connectivity index (χ0) is 15.4. The summed E-state index contributed by atoms with van der Waals surface area (Å²) in [5, 5.41) is 3.08. The van der Waals surface area contributed by atoms with Crippen molar-refractivity contribution in [2.45, 2.75) is 23.5 Å². The molecule has 22 heavy (non-hydrogen) atoms. The zero-order valence-electron chi connectivity index (χ0n) is 12.7. The number of anilines is 2. The van der Waals surface area contributed by atoms with E-state index in [1.807, 2.05) is 36.6 Å². The first kappa shape index (κ1) is 15.4. The summed E-state index contributed by atoms with van der Waals surface area (Å²) in [5.74, 6) is -0.0187. The molecule has 1 N–H and O–H groups in total. The Morgan fingerprint density at radius 1 is 1.14 bits per heavy atom. The molecule has 0 aliphatic carbocycles. The van der Waals surface area contributed by atoms with Crippen LogP contribution in [0.4, 0.5) is 11.4 Å². The molecule has 0 radical (unpaired) electrons. The highest BCUT2D eigenvalue weighted by atomic mass is 32.2. The summed E-state index contributed by atoms with van der Waals surface area (Å²) >= 11 is 3.21. The summed E-state index contributed by atoms with van der Waals surface area (Å²) in [4.78, 5) is 15.6. The second-order valence-corrected chi connectivity index (χ2v) is 7.53. The number of para-hydroxylation sites is 2. The number of benzene rings is 1. The van der Waals surface area contributed by atoms with Crippen LogP contribution >= 0.6 is 23.1 Å². The molecule has 116 valence electrons. The lowest BCUT2D eigenvalue weighted by Crippen LogP contribution is -2.30. The molecule has 1 aromatic carbocycles. The molecule has 1 aliphatic heterocycles. The fourth-order valence-electron chi connectivity index (χ4n) is 2.73. The molecular formula is C17H20N2OS2. The molecule has 0 atom stereocenters. The van der Waals surface area contributed by atoms with Gasteiger partial charge in [-0.05, 0) is 49.8 Å². The van der Waals surface area contributed by atoms with E-state index in [-0.39, 0.29) is 5.91 Å². The standard InChI is InChI=1S/C17H20N2OS2/c1-21-16-10-9-15(22-16)17(20)18-13-7-3-4-8-14(13)19-11-5-2-6-12-19/h3-4,7-10H,2,5-6,11-12H2,1H3,(H,18,20). The predicted octanol–water partition coefficient (Wildman–Crippen LogP) is 4.71. The lowest BCUT2D eigenvalue weighted by Gasteiger charge is -2.30. The molecule has 0 saturated carbocycles. The Morgan fingerprint density at radius 3 is 2.64 bits per heavy atom. The number of amides is 1. The Hall–Kier alpha value is -1.46. The molecule has 1 amide bonds. The minimum absolute atomic E-state index is 0.0187. The first-order valence-corrected chi connectivity index (χ1v) is 9.61. The highest BCUT2D eigenvalue weighted by Gasteiger charge is 2.16. The third-order valence-electron chi connectivity index (χ3n) is 3.86. The van der Waals surface area contributed by atoms with Gasteiger partial charge in [0.25, 0.3) is 5.91 Å². The first-order valence-electron chi connectivity index (χ1n) is 7.57. The topological polar surface area (TPSA) is 32.3 Å². The van der Waals surface area contributed by atoms with Crippen LogP contribution in [0.5, 0.6) is 0 Å². The summed E-state index contributed by atoms with van der Waals surface area (Å²) in [6.45, 7) is 2.14. The van der Waals surface area contributed by atoms with Gasteiger partial charge < -0.3 is 10.2 Å². The molecule has 0 bridgehead atoms. The van der Waals surface area contributed by atoms with Crippen molar-refractivity contribution >= 4 is 40.4 Å². The fourth-order valence-corrected chi connectivity index (χ4v) is 4.17. The molecule has 2 heterocycles. The number of hydrogen-bond donors (Lipinski definition) is 1. The van der Waals surface area contributed by atoms with Gasteiger partial charge >= 0.3 is 0 Å². The van der Waals surface area contributed by atoms with Gasteiger partial charge in [0.1, 0.15) is 0 Å². The normalized spacial score (nSPS) is 14.9. The van der Waals surface area contributed by atoms with Gasteiger partial charge in [-0.25, -0.2) is 0 Å². The Labute approximate surface area is 139 Å². The van der Waals surface area contributed by atoms with Crippen LogP contribution in [0.3, 0.4) is 0 Å². The van der Waals surface area contributed by atoms with E-state index in [1.54, 1.807) is 11.8 Å². The number of carbonyl (C=O) groups is 1. The van der Waals surface area contributed by atoms with Crippen molar-refractivity contribution in [2.24, 2.45) is 0 Å². The second-order valence-electron chi connectivity index (χ2n) is 5.34. The molecule has 2 aromatic rings. The Balaban J connectivity index is 1.78. The molecule has 1 aromatic heterocycles. The van der Waals surface area contributed by atoms with Gasteiger partial charge in [-0.2, -0.15) is 0 Å². The van der Waals surface area contributed by atoms with Crippen molar-refractivity contribution in [1.82, 2.24) is 0 Å².